The van der Waals surface area contributed by atoms with Gasteiger partial charge in [-0.3, -0.25) is 4.72 Å². The molecule has 0 saturated carbocycles. The number of aromatic nitrogens is 2. The smallest absolute Gasteiger partial charge is 0.338 e. The number of ether oxygens (including phenoxy) is 1. The van der Waals surface area contributed by atoms with Crippen molar-refractivity contribution in [2.75, 3.05) is 16.6 Å². The number of sulfonamides is 1. The molecule has 0 spiro atoms. The molecule has 0 bridgehead atoms. The summed E-state index contributed by atoms with van der Waals surface area (Å²) in [5, 5.41) is 3.11. The molecule has 0 aliphatic heterocycles. The second-order valence-corrected chi connectivity index (χ2v) is 9.36. The van der Waals surface area contributed by atoms with Gasteiger partial charge in [-0.2, -0.15) is 0 Å². The standard InChI is InChI=1S/C25H24N4O4S/c1-4-33-25(30)18-10-12-19(13-11-18)26-23-24(28-21-8-6-5-7-20(21)27-23)29-34(31,32)22-14-9-16(2)15-17(22)3/h5-15H,4H2,1-3H3,(H,26,27)(H,28,29). The summed E-state index contributed by atoms with van der Waals surface area (Å²) < 4.78 is 34.0. The Bertz CT molecular complexity index is 1470. The van der Waals surface area contributed by atoms with Crippen molar-refractivity contribution in [2.45, 2.75) is 25.7 Å². The molecule has 0 aliphatic carbocycles. The van der Waals surface area contributed by atoms with Gasteiger partial charge in [0.1, 0.15) is 0 Å². The van der Waals surface area contributed by atoms with E-state index in [0.717, 1.165) is 5.56 Å². The van der Waals surface area contributed by atoms with Crippen LogP contribution in [0.15, 0.2) is 71.6 Å². The number of aryl methyl sites for hydroxylation is 2. The summed E-state index contributed by atoms with van der Waals surface area (Å²) in [6, 6.07) is 18.9. The molecule has 0 saturated heterocycles. The number of benzene rings is 3. The third-order valence-corrected chi connectivity index (χ3v) is 6.58. The quantitative estimate of drug-likeness (QED) is 0.362. The van der Waals surface area contributed by atoms with Crippen LogP contribution < -0.4 is 10.0 Å². The van der Waals surface area contributed by atoms with E-state index in [9.17, 15) is 13.2 Å². The summed E-state index contributed by atoms with van der Waals surface area (Å²) >= 11 is 0. The van der Waals surface area contributed by atoms with Gasteiger partial charge in [0.2, 0.25) is 0 Å². The zero-order valence-corrected chi connectivity index (χ0v) is 19.8. The highest BCUT2D eigenvalue weighted by atomic mass is 32.2. The average molecular weight is 477 g/mol. The fraction of sp³-hybridized carbons (Fsp3) is 0.160. The lowest BCUT2D eigenvalue weighted by Crippen LogP contribution is -2.17. The third-order valence-electron chi connectivity index (χ3n) is 5.08. The molecule has 4 aromatic rings. The minimum absolute atomic E-state index is 0.0631. The van der Waals surface area contributed by atoms with Crippen molar-refractivity contribution in [2.24, 2.45) is 0 Å². The van der Waals surface area contributed by atoms with E-state index in [2.05, 4.69) is 20.0 Å². The summed E-state index contributed by atoms with van der Waals surface area (Å²) in [6.07, 6.45) is 0. The Morgan fingerprint density at radius 2 is 1.56 bits per heavy atom. The first-order valence-corrected chi connectivity index (χ1v) is 12.2. The van der Waals surface area contributed by atoms with Gasteiger partial charge in [-0.25, -0.2) is 23.2 Å². The number of rotatable bonds is 7. The number of esters is 1. The Balaban J connectivity index is 1.71. The normalized spacial score (nSPS) is 11.3. The summed E-state index contributed by atoms with van der Waals surface area (Å²) in [4.78, 5) is 21.2. The Morgan fingerprint density at radius 3 is 2.18 bits per heavy atom. The fourth-order valence-electron chi connectivity index (χ4n) is 3.48. The van der Waals surface area contributed by atoms with Crippen LogP contribution in [0.25, 0.3) is 11.0 Å². The molecule has 8 nitrogen and oxygen atoms in total. The first-order chi connectivity index (χ1) is 16.3. The molecule has 3 aromatic carbocycles. The van der Waals surface area contributed by atoms with E-state index in [1.54, 1.807) is 68.4 Å². The van der Waals surface area contributed by atoms with E-state index in [-0.39, 0.29) is 23.1 Å². The van der Waals surface area contributed by atoms with Crippen LogP contribution in [0.5, 0.6) is 0 Å². The molecule has 34 heavy (non-hydrogen) atoms. The van der Waals surface area contributed by atoms with Crippen LogP contribution in [-0.2, 0) is 14.8 Å². The molecule has 9 heteroatoms. The number of para-hydroxylation sites is 2. The first-order valence-electron chi connectivity index (χ1n) is 10.7. The van der Waals surface area contributed by atoms with Gasteiger partial charge in [0.15, 0.2) is 11.6 Å². The molecule has 0 radical (unpaired) electrons. The lowest BCUT2D eigenvalue weighted by atomic mass is 10.2. The van der Waals surface area contributed by atoms with Crippen molar-refractivity contribution in [3.8, 4) is 0 Å². The van der Waals surface area contributed by atoms with Gasteiger partial charge in [-0.1, -0.05) is 29.8 Å². The average Bonchev–Trinajstić information content (AvgIpc) is 2.79. The first kappa shape index (κ1) is 23.2. The van der Waals surface area contributed by atoms with Crippen LogP contribution in [0.3, 0.4) is 0 Å². The monoisotopic (exact) mass is 476 g/mol. The zero-order valence-electron chi connectivity index (χ0n) is 19.0. The maximum Gasteiger partial charge on any atom is 0.338 e. The van der Waals surface area contributed by atoms with Crippen LogP contribution in [-0.4, -0.2) is 31.0 Å². The summed E-state index contributed by atoms with van der Waals surface area (Å²) in [6.45, 7) is 5.68. The van der Waals surface area contributed by atoms with Gasteiger partial charge in [-0.15, -0.1) is 0 Å². The van der Waals surface area contributed by atoms with E-state index < -0.39 is 16.0 Å². The second-order valence-electron chi connectivity index (χ2n) is 7.71. The maximum absolute atomic E-state index is 13.2. The fourth-order valence-corrected chi connectivity index (χ4v) is 4.72. The highest BCUT2D eigenvalue weighted by molar-refractivity contribution is 7.92. The second kappa shape index (κ2) is 9.48. The predicted octanol–water partition coefficient (Wildman–Crippen LogP) is 4.97. The molecular weight excluding hydrogens is 452 g/mol. The van der Waals surface area contributed by atoms with Gasteiger partial charge >= 0.3 is 5.97 Å². The Labute approximate surface area is 198 Å². The Kier molecular flexibility index (Phi) is 6.47. The minimum atomic E-state index is -3.92. The van der Waals surface area contributed by atoms with Crippen molar-refractivity contribution in [1.82, 2.24) is 9.97 Å². The Hall–Kier alpha value is -3.98. The largest absolute Gasteiger partial charge is 0.462 e. The van der Waals surface area contributed by atoms with Crippen LogP contribution in [0, 0.1) is 13.8 Å². The van der Waals surface area contributed by atoms with Crippen molar-refractivity contribution >= 4 is 44.3 Å². The van der Waals surface area contributed by atoms with Gasteiger partial charge in [0, 0.05) is 5.69 Å². The molecule has 0 amide bonds. The van der Waals surface area contributed by atoms with E-state index in [1.807, 2.05) is 19.1 Å². The lowest BCUT2D eigenvalue weighted by Gasteiger charge is -2.15. The van der Waals surface area contributed by atoms with Crippen molar-refractivity contribution in [3.05, 3.63) is 83.4 Å². The van der Waals surface area contributed by atoms with Crippen molar-refractivity contribution in [3.63, 3.8) is 0 Å². The van der Waals surface area contributed by atoms with E-state index in [1.165, 1.54) is 0 Å². The number of carbonyl (C=O) groups is 1. The Morgan fingerprint density at radius 1 is 0.912 bits per heavy atom. The van der Waals surface area contributed by atoms with E-state index in [0.29, 0.717) is 27.8 Å². The van der Waals surface area contributed by atoms with Gasteiger partial charge in [0.05, 0.1) is 28.1 Å². The topological polar surface area (TPSA) is 110 Å². The molecule has 4 rings (SSSR count). The molecule has 1 aromatic heterocycles. The molecule has 1 heterocycles. The number of hydrogen-bond donors (Lipinski definition) is 2. The highest BCUT2D eigenvalue weighted by Gasteiger charge is 2.21. The number of nitrogens with zero attached hydrogens (tertiary/aromatic N) is 2. The van der Waals surface area contributed by atoms with Gasteiger partial charge in [0.25, 0.3) is 10.0 Å². The molecule has 0 unspecified atom stereocenters. The van der Waals surface area contributed by atoms with Gasteiger partial charge < -0.3 is 10.1 Å². The van der Waals surface area contributed by atoms with E-state index in [4.69, 9.17) is 4.74 Å². The maximum atomic E-state index is 13.2. The van der Waals surface area contributed by atoms with Crippen LogP contribution in [0.2, 0.25) is 0 Å². The van der Waals surface area contributed by atoms with E-state index >= 15 is 0 Å². The third kappa shape index (κ3) is 4.99. The number of fused-ring (bicyclic) bond motifs is 1. The zero-order chi connectivity index (χ0) is 24.3. The molecular formula is C25H24N4O4S. The summed E-state index contributed by atoms with van der Waals surface area (Å²) in [5.74, 6) is -0.120. The number of hydrogen-bond acceptors (Lipinski definition) is 7. The van der Waals surface area contributed by atoms with Crippen LogP contribution in [0.4, 0.5) is 17.3 Å². The molecule has 0 atom stereocenters. The molecule has 0 aliphatic rings. The summed E-state index contributed by atoms with van der Waals surface area (Å²) in [7, 11) is -3.92. The lowest BCUT2D eigenvalue weighted by molar-refractivity contribution is 0.0526. The van der Waals surface area contributed by atoms with Crippen LogP contribution in [0.1, 0.15) is 28.4 Å². The van der Waals surface area contributed by atoms with Crippen molar-refractivity contribution in [1.29, 1.82) is 0 Å². The number of carbonyl (C=O) groups excluding carboxylic acids is 1. The number of anilines is 3. The van der Waals surface area contributed by atoms with Crippen molar-refractivity contribution < 1.29 is 17.9 Å². The van der Waals surface area contributed by atoms with Gasteiger partial charge in [-0.05, 0) is 68.8 Å². The van der Waals surface area contributed by atoms with Crippen LogP contribution >= 0.6 is 0 Å². The summed E-state index contributed by atoms with van der Waals surface area (Å²) in [5.41, 5.74) is 3.75. The molecule has 174 valence electrons. The SMILES string of the molecule is CCOC(=O)c1ccc(Nc2nc3ccccc3nc2NS(=O)(=O)c2ccc(C)cc2C)cc1. The molecule has 2 N–H and O–H groups in total. The molecule has 0 fully saturated rings. The number of nitrogens with one attached hydrogen (secondary N) is 2. The predicted molar refractivity (Wildman–Crippen MR) is 132 cm³/mol. The highest BCUT2D eigenvalue weighted by Crippen LogP contribution is 2.28. The minimum Gasteiger partial charge on any atom is -0.462 e.